The van der Waals surface area contributed by atoms with Crippen molar-refractivity contribution in [1.82, 2.24) is 4.98 Å². The third kappa shape index (κ3) is 3.22. The number of rotatable bonds is 3. The van der Waals surface area contributed by atoms with Gasteiger partial charge >= 0.3 is 0 Å². The highest BCUT2D eigenvalue weighted by molar-refractivity contribution is 6.51. The van der Waals surface area contributed by atoms with Gasteiger partial charge in [-0.05, 0) is 49.2 Å². The van der Waals surface area contributed by atoms with Crippen LogP contribution in [0.5, 0.6) is 5.75 Å². The van der Waals surface area contributed by atoms with Crippen LogP contribution in [-0.4, -0.2) is 26.9 Å². The number of aryl methyl sites for hydroxylation is 2. The number of carbonyl (C=O) groups is 2. The Bertz CT molecular complexity index is 1170. The Kier molecular flexibility index (Phi) is 4.83. The summed E-state index contributed by atoms with van der Waals surface area (Å²) in [6.07, 6.45) is 3.11. The van der Waals surface area contributed by atoms with Crippen molar-refractivity contribution in [1.29, 1.82) is 0 Å². The number of anilines is 1. The number of benzene rings is 2. The number of hydrogen-bond acceptors (Lipinski definition) is 5. The lowest BCUT2D eigenvalue weighted by molar-refractivity contribution is -0.132. The van der Waals surface area contributed by atoms with Gasteiger partial charge in [0.1, 0.15) is 11.5 Å². The van der Waals surface area contributed by atoms with Crippen molar-refractivity contribution in [2.75, 3.05) is 4.90 Å². The summed E-state index contributed by atoms with van der Waals surface area (Å²) in [6.45, 7) is 3.74. The van der Waals surface area contributed by atoms with Crippen molar-refractivity contribution in [3.63, 3.8) is 0 Å². The molecule has 0 bridgehead atoms. The number of phenolic OH excluding ortho intramolecular Hbond substituents is 1. The molecule has 1 saturated heterocycles. The van der Waals surface area contributed by atoms with E-state index in [0.717, 1.165) is 11.1 Å². The Morgan fingerprint density at radius 3 is 2.23 bits per heavy atom. The van der Waals surface area contributed by atoms with Crippen molar-refractivity contribution in [2.24, 2.45) is 0 Å². The van der Waals surface area contributed by atoms with E-state index in [-0.39, 0.29) is 22.8 Å². The molecule has 2 aromatic carbocycles. The molecule has 6 nitrogen and oxygen atoms in total. The molecule has 2 heterocycles. The number of Topliss-reactive ketones (excluding diaryl/α,β-unsaturated/α-hetero) is 1. The third-order valence-electron chi connectivity index (χ3n) is 5.18. The van der Waals surface area contributed by atoms with Gasteiger partial charge in [-0.2, -0.15) is 0 Å². The minimum absolute atomic E-state index is 0.0315. The summed E-state index contributed by atoms with van der Waals surface area (Å²) in [5.74, 6) is -2.01. The number of aromatic hydroxyl groups is 1. The Balaban J connectivity index is 1.97. The van der Waals surface area contributed by atoms with E-state index in [1.807, 2.05) is 26.0 Å². The maximum Gasteiger partial charge on any atom is 0.300 e. The van der Waals surface area contributed by atoms with Gasteiger partial charge in [-0.15, -0.1) is 0 Å². The molecule has 150 valence electrons. The molecule has 6 heteroatoms. The summed E-state index contributed by atoms with van der Waals surface area (Å²) >= 11 is 0. The van der Waals surface area contributed by atoms with Crippen molar-refractivity contribution in [3.05, 3.63) is 94.8 Å². The van der Waals surface area contributed by atoms with Gasteiger partial charge in [-0.3, -0.25) is 19.5 Å². The van der Waals surface area contributed by atoms with Crippen LogP contribution in [0, 0.1) is 13.8 Å². The zero-order valence-corrected chi connectivity index (χ0v) is 16.5. The molecule has 4 rings (SSSR count). The number of ketones is 1. The normalized spacial score (nSPS) is 18.1. The first-order valence-electron chi connectivity index (χ1n) is 9.46. The third-order valence-corrected chi connectivity index (χ3v) is 5.18. The lowest BCUT2D eigenvalue weighted by Crippen LogP contribution is -2.29. The maximum absolute atomic E-state index is 13.1. The van der Waals surface area contributed by atoms with Crippen LogP contribution in [0.15, 0.2) is 72.6 Å². The molecule has 1 fully saturated rings. The first-order chi connectivity index (χ1) is 14.4. The SMILES string of the molecule is Cc1ccc(/C(O)=C2\C(=O)C(=O)N(c3cc(C)ccc3O)C2c2ccncc2)cc1. The zero-order chi connectivity index (χ0) is 21.4. The van der Waals surface area contributed by atoms with Gasteiger partial charge in [0.25, 0.3) is 11.7 Å². The molecule has 1 unspecified atom stereocenters. The summed E-state index contributed by atoms with van der Waals surface area (Å²) in [7, 11) is 0. The first-order valence-corrected chi connectivity index (χ1v) is 9.46. The van der Waals surface area contributed by atoms with Gasteiger partial charge in [0, 0.05) is 18.0 Å². The van der Waals surface area contributed by atoms with Gasteiger partial charge in [0.05, 0.1) is 17.3 Å². The molecular formula is C24H20N2O4. The van der Waals surface area contributed by atoms with Gasteiger partial charge < -0.3 is 10.2 Å². The van der Waals surface area contributed by atoms with Gasteiger partial charge in [0.15, 0.2) is 0 Å². The highest BCUT2D eigenvalue weighted by atomic mass is 16.3. The topological polar surface area (TPSA) is 90.7 Å². The van der Waals surface area contributed by atoms with E-state index in [2.05, 4.69) is 4.98 Å². The molecule has 30 heavy (non-hydrogen) atoms. The summed E-state index contributed by atoms with van der Waals surface area (Å²) in [4.78, 5) is 31.3. The van der Waals surface area contributed by atoms with Crippen LogP contribution in [0.4, 0.5) is 5.69 Å². The summed E-state index contributed by atoms with van der Waals surface area (Å²) in [5, 5.41) is 21.5. The maximum atomic E-state index is 13.1. The lowest BCUT2D eigenvalue weighted by Gasteiger charge is -2.26. The molecule has 0 aliphatic carbocycles. The zero-order valence-electron chi connectivity index (χ0n) is 16.5. The molecule has 0 radical (unpaired) electrons. The van der Waals surface area contributed by atoms with Crippen LogP contribution >= 0.6 is 0 Å². The molecular weight excluding hydrogens is 380 g/mol. The van der Waals surface area contributed by atoms with Gasteiger partial charge in [0.2, 0.25) is 0 Å². The number of hydrogen-bond donors (Lipinski definition) is 2. The molecule has 2 N–H and O–H groups in total. The Labute approximate surface area is 173 Å². The van der Waals surface area contributed by atoms with Crippen LogP contribution in [-0.2, 0) is 9.59 Å². The standard InChI is InChI=1S/C24H20N2O4/c1-14-3-6-17(7-4-14)22(28)20-21(16-9-11-25-12-10-16)26(24(30)23(20)29)18-13-15(2)5-8-19(18)27/h3-13,21,27-28H,1-2H3/b22-20+. The number of pyridine rings is 1. The Hall–Kier alpha value is -3.93. The number of phenols is 1. The minimum Gasteiger partial charge on any atom is -0.507 e. The van der Waals surface area contributed by atoms with Crippen molar-refractivity contribution >= 4 is 23.1 Å². The molecule has 0 spiro atoms. The fourth-order valence-corrected chi connectivity index (χ4v) is 3.64. The van der Waals surface area contributed by atoms with E-state index in [0.29, 0.717) is 11.1 Å². The number of aliphatic hydroxyl groups is 1. The smallest absolute Gasteiger partial charge is 0.300 e. The Morgan fingerprint density at radius 2 is 1.57 bits per heavy atom. The molecule has 1 aliphatic heterocycles. The lowest BCUT2D eigenvalue weighted by atomic mass is 9.95. The molecule has 1 aliphatic rings. The second kappa shape index (κ2) is 7.48. The largest absolute Gasteiger partial charge is 0.507 e. The van der Waals surface area contributed by atoms with E-state index in [1.165, 1.54) is 11.0 Å². The van der Waals surface area contributed by atoms with Crippen molar-refractivity contribution in [2.45, 2.75) is 19.9 Å². The molecule has 1 amide bonds. The van der Waals surface area contributed by atoms with Crippen molar-refractivity contribution < 1.29 is 19.8 Å². The van der Waals surface area contributed by atoms with Crippen LogP contribution in [0.2, 0.25) is 0 Å². The van der Waals surface area contributed by atoms with E-state index in [4.69, 9.17) is 0 Å². The summed E-state index contributed by atoms with van der Waals surface area (Å²) < 4.78 is 0. The second-order valence-corrected chi connectivity index (χ2v) is 7.31. The summed E-state index contributed by atoms with van der Waals surface area (Å²) in [6, 6.07) is 14.3. The number of amides is 1. The second-order valence-electron chi connectivity index (χ2n) is 7.31. The first kappa shape index (κ1) is 19.4. The highest BCUT2D eigenvalue weighted by Crippen LogP contribution is 2.44. The van der Waals surface area contributed by atoms with E-state index in [9.17, 15) is 19.8 Å². The fourth-order valence-electron chi connectivity index (χ4n) is 3.64. The Morgan fingerprint density at radius 1 is 0.933 bits per heavy atom. The average molecular weight is 400 g/mol. The number of aromatic nitrogens is 1. The fraction of sp³-hybridized carbons (Fsp3) is 0.125. The highest BCUT2D eigenvalue weighted by Gasteiger charge is 2.47. The van der Waals surface area contributed by atoms with Crippen LogP contribution in [0.3, 0.4) is 0 Å². The quantitative estimate of drug-likeness (QED) is 0.394. The van der Waals surface area contributed by atoms with Gasteiger partial charge in [-0.1, -0.05) is 35.9 Å². The van der Waals surface area contributed by atoms with E-state index < -0.39 is 17.7 Å². The number of nitrogens with zero attached hydrogens (tertiary/aromatic N) is 2. The molecule has 1 aromatic heterocycles. The molecule has 3 aromatic rings. The number of aliphatic hydroxyl groups excluding tert-OH is 1. The predicted molar refractivity (Wildman–Crippen MR) is 113 cm³/mol. The van der Waals surface area contributed by atoms with Crippen LogP contribution in [0.1, 0.15) is 28.3 Å². The number of carbonyl (C=O) groups excluding carboxylic acids is 2. The average Bonchev–Trinajstić information content (AvgIpc) is 3.01. The van der Waals surface area contributed by atoms with Crippen LogP contribution < -0.4 is 4.90 Å². The monoisotopic (exact) mass is 400 g/mol. The van der Waals surface area contributed by atoms with Crippen molar-refractivity contribution in [3.8, 4) is 5.75 Å². The summed E-state index contributed by atoms with van der Waals surface area (Å²) in [5.41, 5.74) is 3.03. The van der Waals surface area contributed by atoms with E-state index in [1.54, 1.807) is 48.8 Å². The molecule has 0 saturated carbocycles. The van der Waals surface area contributed by atoms with E-state index >= 15 is 0 Å². The van der Waals surface area contributed by atoms with Crippen LogP contribution in [0.25, 0.3) is 5.76 Å². The minimum atomic E-state index is -0.901. The van der Waals surface area contributed by atoms with Gasteiger partial charge in [-0.25, -0.2) is 0 Å². The predicted octanol–water partition coefficient (Wildman–Crippen LogP) is 4.03. The molecule has 1 atom stereocenters.